The molecule has 146 valence electrons. The quantitative estimate of drug-likeness (QED) is 0.365. The van der Waals surface area contributed by atoms with Gasteiger partial charge in [0.05, 0.1) is 29.5 Å². The van der Waals surface area contributed by atoms with Crippen LogP contribution in [0.5, 0.6) is 0 Å². The maximum Gasteiger partial charge on any atom is 0.262 e. The molecule has 0 radical (unpaired) electrons. The van der Waals surface area contributed by atoms with E-state index in [2.05, 4.69) is 10.3 Å². The van der Waals surface area contributed by atoms with Gasteiger partial charge in [0.1, 0.15) is 5.76 Å². The number of hydrogen-bond acceptors (Lipinski definition) is 5. The molecule has 0 fully saturated rings. The summed E-state index contributed by atoms with van der Waals surface area (Å²) in [6, 6.07) is 17.6. The van der Waals surface area contributed by atoms with Gasteiger partial charge in [0.25, 0.3) is 5.56 Å². The molecule has 2 aromatic carbocycles. The van der Waals surface area contributed by atoms with E-state index in [0.717, 1.165) is 0 Å². The van der Waals surface area contributed by atoms with Gasteiger partial charge in [-0.2, -0.15) is 0 Å². The Bertz CT molecular complexity index is 1220. The second-order valence-corrected chi connectivity index (χ2v) is 7.61. The van der Waals surface area contributed by atoms with Gasteiger partial charge < -0.3 is 9.73 Å². The fourth-order valence-corrected chi connectivity index (χ4v) is 3.84. The van der Waals surface area contributed by atoms with Gasteiger partial charge in [0.15, 0.2) is 5.16 Å². The summed E-state index contributed by atoms with van der Waals surface area (Å²) in [6.07, 6.45) is 1.56. The number of carbonyl (C=O) groups is 1. The number of amides is 1. The van der Waals surface area contributed by atoms with Crippen LogP contribution in [0.4, 0.5) is 5.69 Å². The van der Waals surface area contributed by atoms with Crippen LogP contribution in [0.15, 0.2) is 81.3 Å². The monoisotopic (exact) mass is 425 g/mol. The van der Waals surface area contributed by atoms with E-state index in [4.69, 9.17) is 16.0 Å². The number of nitrogens with one attached hydrogen (secondary N) is 1. The largest absolute Gasteiger partial charge is 0.467 e. The van der Waals surface area contributed by atoms with Gasteiger partial charge in [-0.25, -0.2) is 4.98 Å². The van der Waals surface area contributed by atoms with Crippen LogP contribution >= 0.6 is 23.4 Å². The van der Waals surface area contributed by atoms with E-state index in [0.29, 0.717) is 32.5 Å². The Hall–Kier alpha value is -3.03. The molecule has 4 rings (SSSR count). The fraction of sp³-hybridized carbons (Fsp3) is 0.0952. The minimum Gasteiger partial charge on any atom is -0.467 e. The number of anilines is 1. The van der Waals surface area contributed by atoms with Crippen molar-refractivity contribution in [1.82, 2.24) is 9.55 Å². The maximum atomic E-state index is 13.0. The summed E-state index contributed by atoms with van der Waals surface area (Å²) in [5, 5.41) is 4.30. The van der Waals surface area contributed by atoms with Crippen LogP contribution in [0.3, 0.4) is 0 Å². The standard InChI is InChI=1S/C21H16ClN3O3S/c22-14-5-3-6-15(11-14)23-19(26)13-29-21-24-18-9-2-1-8-17(18)20(27)25(21)12-16-7-4-10-28-16/h1-11H,12-13H2,(H,23,26). The Morgan fingerprint density at radius 2 is 2.00 bits per heavy atom. The molecule has 6 nitrogen and oxygen atoms in total. The number of furan rings is 1. The third-order valence-corrected chi connectivity index (χ3v) is 5.37. The van der Waals surface area contributed by atoms with Crippen molar-refractivity contribution >= 4 is 45.9 Å². The van der Waals surface area contributed by atoms with Crippen molar-refractivity contribution < 1.29 is 9.21 Å². The molecule has 8 heteroatoms. The van der Waals surface area contributed by atoms with Crippen LogP contribution in [-0.2, 0) is 11.3 Å². The van der Waals surface area contributed by atoms with Gasteiger partial charge in [-0.1, -0.05) is 41.6 Å². The SMILES string of the molecule is O=C(CSc1nc2ccccc2c(=O)n1Cc1ccco1)Nc1cccc(Cl)c1. The van der Waals surface area contributed by atoms with Gasteiger partial charge in [-0.15, -0.1) is 0 Å². The molecular formula is C21H16ClN3O3S. The highest BCUT2D eigenvalue weighted by Crippen LogP contribution is 2.20. The van der Waals surface area contributed by atoms with Crippen molar-refractivity contribution in [2.24, 2.45) is 0 Å². The summed E-state index contributed by atoms with van der Waals surface area (Å²) in [4.78, 5) is 30.0. The molecule has 0 saturated heterocycles. The normalized spacial score (nSPS) is 10.9. The van der Waals surface area contributed by atoms with Crippen molar-refractivity contribution in [2.45, 2.75) is 11.7 Å². The molecule has 4 aromatic rings. The average molecular weight is 426 g/mol. The third kappa shape index (κ3) is 4.52. The lowest BCUT2D eigenvalue weighted by Crippen LogP contribution is -2.24. The van der Waals surface area contributed by atoms with Gasteiger partial charge in [-0.3, -0.25) is 14.2 Å². The highest BCUT2D eigenvalue weighted by Gasteiger charge is 2.14. The van der Waals surface area contributed by atoms with E-state index in [9.17, 15) is 9.59 Å². The van der Waals surface area contributed by atoms with Crippen LogP contribution in [0.25, 0.3) is 10.9 Å². The van der Waals surface area contributed by atoms with Gasteiger partial charge in [0, 0.05) is 10.7 Å². The molecule has 0 bridgehead atoms. The first kappa shape index (κ1) is 19.3. The van der Waals surface area contributed by atoms with E-state index in [-0.39, 0.29) is 23.8 Å². The predicted molar refractivity (Wildman–Crippen MR) is 115 cm³/mol. The van der Waals surface area contributed by atoms with Crippen molar-refractivity contribution in [3.05, 3.63) is 88.1 Å². The third-order valence-electron chi connectivity index (χ3n) is 4.16. The Morgan fingerprint density at radius 3 is 2.79 bits per heavy atom. The lowest BCUT2D eigenvalue weighted by molar-refractivity contribution is -0.113. The van der Waals surface area contributed by atoms with Crippen molar-refractivity contribution in [3.8, 4) is 0 Å². The fourth-order valence-electron chi connectivity index (χ4n) is 2.85. The van der Waals surface area contributed by atoms with Crippen LogP contribution in [-0.4, -0.2) is 21.2 Å². The summed E-state index contributed by atoms with van der Waals surface area (Å²) in [6.45, 7) is 0.238. The van der Waals surface area contributed by atoms with Crippen molar-refractivity contribution in [2.75, 3.05) is 11.1 Å². The predicted octanol–water partition coefficient (Wildman–Crippen LogP) is 4.42. The van der Waals surface area contributed by atoms with Crippen molar-refractivity contribution in [1.29, 1.82) is 0 Å². The van der Waals surface area contributed by atoms with E-state index < -0.39 is 0 Å². The number of rotatable bonds is 6. The average Bonchev–Trinajstić information content (AvgIpc) is 3.22. The van der Waals surface area contributed by atoms with Gasteiger partial charge in [0.2, 0.25) is 5.91 Å². The van der Waals surface area contributed by atoms with E-state index in [1.54, 1.807) is 60.9 Å². The zero-order chi connectivity index (χ0) is 20.2. The zero-order valence-corrected chi connectivity index (χ0v) is 16.7. The van der Waals surface area contributed by atoms with Gasteiger partial charge >= 0.3 is 0 Å². The number of hydrogen-bond donors (Lipinski definition) is 1. The number of carbonyl (C=O) groups excluding carboxylic acids is 1. The Balaban J connectivity index is 1.59. The highest BCUT2D eigenvalue weighted by atomic mass is 35.5. The molecule has 0 atom stereocenters. The Morgan fingerprint density at radius 1 is 1.14 bits per heavy atom. The second-order valence-electron chi connectivity index (χ2n) is 6.23. The number of halogens is 1. The van der Waals surface area contributed by atoms with Crippen LogP contribution in [0, 0.1) is 0 Å². The lowest BCUT2D eigenvalue weighted by Gasteiger charge is -2.12. The second kappa shape index (κ2) is 8.55. The molecule has 29 heavy (non-hydrogen) atoms. The first-order chi connectivity index (χ1) is 14.1. The molecule has 0 unspecified atom stereocenters. The number of thioether (sulfide) groups is 1. The molecule has 2 heterocycles. The molecule has 1 N–H and O–H groups in total. The number of nitrogens with zero attached hydrogens (tertiary/aromatic N) is 2. The molecule has 0 spiro atoms. The zero-order valence-electron chi connectivity index (χ0n) is 15.2. The minimum atomic E-state index is -0.218. The van der Waals surface area contributed by atoms with Crippen LogP contribution in [0.2, 0.25) is 5.02 Å². The van der Waals surface area contributed by atoms with Crippen molar-refractivity contribution in [3.63, 3.8) is 0 Å². The molecule has 0 aliphatic heterocycles. The molecule has 0 aliphatic carbocycles. The number of benzene rings is 2. The van der Waals surface area contributed by atoms with Crippen LogP contribution < -0.4 is 10.9 Å². The smallest absolute Gasteiger partial charge is 0.262 e. The molecule has 2 aromatic heterocycles. The molecular weight excluding hydrogens is 410 g/mol. The number of aromatic nitrogens is 2. The highest BCUT2D eigenvalue weighted by molar-refractivity contribution is 7.99. The van der Waals surface area contributed by atoms with E-state index in [1.807, 2.05) is 6.07 Å². The first-order valence-corrected chi connectivity index (χ1v) is 10.2. The summed E-state index contributed by atoms with van der Waals surface area (Å²) in [5.74, 6) is 0.508. The summed E-state index contributed by atoms with van der Waals surface area (Å²) in [7, 11) is 0. The Labute approximate surface area is 175 Å². The van der Waals surface area contributed by atoms with E-state index in [1.165, 1.54) is 16.3 Å². The molecule has 1 amide bonds. The number of fused-ring (bicyclic) bond motifs is 1. The lowest BCUT2D eigenvalue weighted by atomic mass is 10.2. The molecule has 0 saturated carbocycles. The van der Waals surface area contributed by atoms with Crippen LogP contribution in [0.1, 0.15) is 5.76 Å². The van der Waals surface area contributed by atoms with E-state index >= 15 is 0 Å². The molecule has 0 aliphatic rings. The first-order valence-electron chi connectivity index (χ1n) is 8.80. The maximum absolute atomic E-state index is 13.0. The Kier molecular flexibility index (Phi) is 5.69. The number of para-hydroxylation sites is 1. The summed E-state index contributed by atoms with van der Waals surface area (Å²) < 4.78 is 6.91. The summed E-state index contributed by atoms with van der Waals surface area (Å²) in [5.41, 5.74) is 1.03. The topological polar surface area (TPSA) is 77.1 Å². The minimum absolute atomic E-state index is 0.0927. The summed E-state index contributed by atoms with van der Waals surface area (Å²) >= 11 is 7.14. The van der Waals surface area contributed by atoms with Gasteiger partial charge in [-0.05, 0) is 42.5 Å².